The summed E-state index contributed by atoms with van der Waals surface area (Å²) in [4.78, 5) is 11.3. The smallest absolute Gasteiger partial charge is 0.356 e. The number of carboxylic acid groups (broad SMARTS) is 1. The van der Waals surface area contributed by atoms with Crippen LogP contribution in [0.15, 0.2) is 30.3 Å². The highest BCUT2D eigenvalue weighted by Crippen LogP contribution is 2.28. The zero-order valence-corrected chi connectivity index (χ0v) is 15.5. The van der Waals surface area contributed by atoms with Gasteiger partial charge in [-0.3, -0.25) is 9.40 Å². The fourth-order valence-corrected chi connectivity index (χ4v) is 3.49. The van der Waals surface area contributed by atoms with Crippen molar-refractivity contribution in [1.82, 2.24) is 14.5 Å². The number of carbonyl (C=O) groups is 1. The molecule has 2 N–H and O–H groups in total. The molecule has 0 saturated heterocycles. The average molecular weight is 365 g/mol. The second kappa shape index (κ2) is 9.01. The van der Waals surface area contributed by atoms with Crippen LogP contribution in [0.1, 0.15) is 49.6 Å². The van der Waals surface area contributed by atoms with E-state index in [0.29, 0.717) is 10.9 Å². The lowest BCUT2D eigenvalue weighted by Gasteiger charge is -2.19. The lowest BCUT2D eigenvalue weighted by Crippen LogP contribution is -2.14. The minimum absolute atomic E-state index is 0.00261. The van der Waals surface area contributed by atoms with Crippen molar-refractivity contribution in [2.45, 2.75) is 44.4 Å². The molecular formula is C18H24FN3O2S. The van der Waals surface area contributed by atoms with Crippen LogP contribution in [0.5, 0.6) is 0 Å². The Hall–Kier alpha value is -1.86. The van der Waals surface area contributed by atoms with Gasteiger partial charge in [-0.05, 0) is 63.6 Å². The molecule has 0 fully saturated rings. The van der Waals surface area contributed by atoms with Crippen LogP contribution in [0.25, 0.3) is 11.3 Å². The van der Waals surface area contributed by atoms with Gasteiger partial charge in [0.2, 0.25) is 0 Å². The molecule has 2 aromatic rings. The molecule has 1 heterocycles. The van der Waals surface area contributed by atoms with Crippen molar-refractivity contribution >= 4 is 17.9 Å². The normalized spacial score (nSPS) is 13.6. The number of carboxylic acids is 1. The van der Waals surface area contributed by atoms with Crippen LogP contribution in [0.4, 0.5) is 4.39 Å². The SMILES string of the molecule is CCC(CCC(C)n1nc(C(=O)O)cc1-c1ccc(F)cc1)SNC. The number of nitrogens with one attached hydrogen (secondary N) is 1. The second-order valence-corrected chi connectivity index (χ2v) is 7.26. The van der Waals surface area contributed by atoms with Crippen LogP contribution < -0.4 is 4.72 Å². The second-order valence-electron chi connectivity index (χ2n) is 5.95. The van der Waals surface area contributed by atoms with E-state index < -0.39 is 5.97 Å². The third kappa shape index (κ3) is 5.06. The number of hydrogen-bond acceptors (Lipinski definition) is 4. The first-order valence-electron chi connectivity index (χ1n) is 8.37. The maximum Gasteiger partial charge on any atom is 0.356 e. The largest absolute Gasteiger partial charge is 0.476 e. The van der Waals surface area contributed by atoms with Gasteiger partial charge >= 0.3 is 5.97 Å². The van der Waals surface area contributed by atoms with Crippen LogP contribution in [0.3, 0.4) is 0 Å². The van der Waals surface area contributed by atoms with Crippen LogP contribution >= 0.6 is 11.9 Å². The Balaban J connectivity index is 2.25. The van der Waals surface area contributed by atoms with Crippen molar-refractivity contribution in [1.29, 1.82) is 0 Å². The van der Waals surface area contributed by atoms with Crippen LogP contribution in [0, 0.1) is 5.82 Å². The highest BCUT2D eigenvalue weighted by Gasteiger charge is 2.19. The highest BCUT2D eigenvalue weighted by atomic mass is 32.2. The molecule has 2 atom stereocenters. The van der Waals surface area contributed by atoms with Crippen molar-refractivity contribution in [2.75, 3.05) is 7.05 Å². The molecule has 0 amide bonds. The lowest BCUT2D eigenvalue weighted by atomic mass is 10.1. The molecule has 1 aromatic heterocycles. The van der Waals surface area contributed by atoms with Crippen molar-refractivity contribution in [3.63, 3.8) is 0 Å². The molecule has 0 aliphatic rings. The van der Waals surface area contributed by atoms with Crippen LogP contribution in [-0.4, -0.2) is 33.2 Å². The van der Waals surface area contributed by atoms with Gasteiger partial charge in [0.05, 0.1) is 5.69 Å². The zero-order chi connectivity index (χ0) is 18.4. The molecule has 5 nitrogen and oxygen atoms in total. The summed E-state index contributed by atoms with van der Waals surface area (Å²) < 4.78 is 18.1. The van der Waals surface area contributed by atoms with Gasteiger partial charge in [0.1, 0.15) is 5.82 Å². The summed E-state index contributed by atoms with van der Waals surface area (Å²) in [5.41, 5.74) is 1.45. The molecule has 2 unspecified atom stereocenters. The summed E-state index contributed by atoms with van der Waals surface area (Å²) in [6.07, 6.45) is 2.93. The van der Waals surface area contributed by atoms with Crippen LogP contribution in [0.2, 0.25) is 0 Å². The van der Waals surface area contributed by atoms with Gasteiger partial charge in [-0.15, -0.1) is 0 Å². The minimum atomic E-state index is -1.06. The number of aromatic nitrogens is 2. The van der Waals surface area contributed by atoms with E-state index in [4.69, 9.17) is 0 Å². The molecule has 0 radical (unpaired) electrons. The first-order chi connectivity index (χ1) is 12.0. The Morgan fingerprint density at radius 1 is 1.36 bits per heavy atom. The molecule has 7 heteroatoms. The molecule has 25 heavy (non-hydrogen) atoms. The number of aromatic carboxylic acids is 1. The van der Waals surface area contributed by atoms with Crippen molar-refractivity contribution < 1.29 is 14.3 Å². The van der Waals surface area contributed by atoms with Gasteiger partial charge in [-0.2, -0.15) is 5.10 Å². The monoisotopic (exact) mass is 365 g/mol. The predicted octanol–water partition coefficient (Wildman–Crippen LogP) is 4.37. The number of hydrogen-bond donors (Lipinski definition) is 2. The molecule has 136 valence electrons. The Morgan fingerprint density at radius 2 is 2.04 bits per heavy atom. The summed E-state index contributed by atoms with van der Waals surface area (Å²) in [7, 11) is 1.91. The van der Waals surface area contributed by atoms with Gasteiger partial charge in [-0.1, -0.05) is 18.9 Å². The van der Waals surface area contributed by atoms with E-state index in [1.165, 1.54) is 12.1 Å². The Bertz CT molecular complexity index is 703. The van der Waals surface area contributed by atoms with E-state index in [2.05, 4.69) is 16.7 Å². The highest BCUT2D eigenvalue weighted by molar-refractivity contribution is 7.98. The fourth-order valence-electron chi connectivity index (χ4n) is 2.73. The zero-order valence-electron chi connectivity index (χ0n) is 14.7. The fraction of sp³-hybridized carbons (Fsp3) is 0.444. The number of nitrogens with zero attached hydrogens (tertiary/aromatic N) is 2. The van der Waals surface area contributed by atoms with Gasteiger partial charge in [0, 0.05) is 16.9 Å². The molecular weight excluding hydrogens is 341 g/mol. The molecule has 0 bridgehead atoms. The van der Waals surface area contributed by atoms with E-state index >= 15 is 0 Å². The van der Waals surface area contributed by atoms with Gasteiger partial charge < -0.3 is 5.11 Å². The Labute approximate surface area is 151 Å². The van der Waals surface area contributed by atoms with E-state index in [1.807, 2.05) is 14.0 Å². The molecule has 0 aliphatic carbocycles. The number of benzene rings is 1. The van der Waals surface area contributed by atoms with Crippen molar-refractivity contribution in [3.8, 4) is 11.3 Å². The standard InChI is InChI=1S/C18H24FN3O2S/c1-4-15(25-20-3)10-5-12(2)22-17(11-16(21-22)18(23)24)13-6-8-14(19)9-7-13/h6-9,11-12,15,20H,4-5,10H2,1-3H3,(H,23,24). The first kappa shape index (κ1) is 19.5. The van der Waals surface area contributed by atoms with E-state index in [-0.39, 0.29) is 17.6 Å². The van der Waals surface area contributed by atoms with E-state index in [0.717, 1.165) is 24.8 Å². The molecule has 0 saturated carbocycles. The van der Waals surface area contributed by atoms with Crippen LogP contribution in [-0.2, 0) is 0 Å². The van der Waals surface area contributed by atoms with Gasteiger partial charge in [0.25, 0.3) is 0 Å². The summed E-state index contributed by atoms with van der Waals surface area (Å²) in [6, 6.07) is 7.62. The summed E-state index contributed by atoms with van der Waals surface area (Å²) in [5.74, 6) is -1.39. The van der Waals surface area contributed by atoms with Crippen molar-refractivity contribution in [3.05, 3.63) is 41.8 Å². The third-order valence-electron chi connectivity index (χ3n) is 4.16. The van der Waals surface area contributed by atoms with E-state index in [1.54, 1.807) is 34.8 Å². The van der Waals surface area contributed by atoms with E-state index in [9.17, 15) is 14.3 Å². The predicted molar refractivity (Wildman–Crippen MR) is 99.3 cm³/mol. The summed E-state index contributed by atoms with van der Waals surface area (Å²) >= 11 is 1.71. The summed E-state index contributed by atoms with van der Waals surface area (Å²) in [5, 5.41) is 14.0. The number of rotatable bonds is 9. The molecule has 1 aromatic carbocycles. The third-order valence-corrected chi connectivity index (χ3v) is 5.30. The summed E-state index contributed by atoms with van der Waals surface area (Å²) in [6.45, 7) is 4.18. The quantitative estimate of drug-likeness (QED) is 0.646. The van der Waals surface area contributed by atoms with Gasteiger partial charge in [-0.25, -0.2) is 9.18 Å². The Kier molecular flexibility index (Phi) is 7.01. The lowest BCUT2D eigenvalue weighted by molar-refractivity contribution is 0.0689. The topological polar surface area (TPSA) is 67.2 Å². The molecule has 0 aliphatic heterocycles. The first-order valence-corrected chi connectivity index (χ1v) is 9.25. The maximum atomic E-state index is 13.2. The van der Waals surface area contributed by atoms with Crippen molar-refractivity contribution in [2.24, 2.45) is 0 Å². The van der Waals surface area contributed by atoms with Gasteiger partial charge in [0.15, 0.2) is 5.69 Å². The maximum absolute atomic E-state index is 13.2. The minimum Gasteiger partial charge on any atom is -0.476 e. The Morgan fingerprint density at radius 3 is 2.60 bits per heavy atom. The number of halogens is 1. The molecule has 0 spiro atoms. The molecule has 2 rings (SSSR count). The average Bonchev–Trinajstić information content (AvgIpc) is 3.04.